The van der Waals surface area contributed by atoms with E-state index < -0.39 is 0 Å². The number of hydrogen-bond donors (Lipinski definition) is 0. The van der Waals surface area contributed by atoms with Crippen molar-refractivity contribution in [1.82, 2.24) is 5.01 Å². The van der Waals surface area contributed by atoms with E-state index in [4.69, 9.17) is 0 Å². The van der Waals surface area contributed by atoms with Gasteiger partial charge < -0.3 is 0 Å². The number of hydrogen-bond acceptors (Lipinski definition) is 3. The highest BCUT2D eigenvalue weighted by Gasteiger charge is 2.14. The summed E-state index contributed by atoms with van der Waals surface area (Å²) in [4.78, 5) is 0. The van der Waals surface area contributed by atoms with Crippen molar-refractivity contribution in [2.75, 3.05) is 19.3 Å². The maximum atomic E-state index is 4.63. The predicted molar refractivity (Wildman–Crippen MR) is 67.5 cm³/mol. The Morgan fingerprint density at radius 2 is 2.07 bits per heavy atom. The lowest BCUT2D eigenvalue weighted by Gasteiger charge is -2.13. The molecule has 1 aliphatic rings. The first-order valence-electron chi connectivity index (χ1n) is 5.21. The number of benzene rings is 1. The van der Waals surface area contributed by atoms with Gasteiger partial charge in [0.15, 0.2) is 0 Å². The van der Waals surface area contributed by atoms with Gasteiger partial charge in [0.1, 0.15) is 0 Å². The van der Waals surface area contributed by atoms with Gasteiger partial charge in [-0.2, -0.15) is 16.9 Å². The van der Waals surface area contributed by atoms with E-state index in [1.54, 1.807) is 0 Å². The molecule has 1 aromatic rings. The normalized spacial score (nSPS) is 22.1. The van der Waals surface area contributed by atoms with E-state index in [1.165, 1.54) is 11.3 Å². The van der Waals surface area contributed by atoms with Crippen molar-refractivity contribution >= 4 is 17.5 Å². The summed E-state index contributed by atoms with van der Waals surface area (Å²) in [6.45, 7) is 3.28. The quantitative estimate of drug-likeness (QED) is 0.722. The van der Waals surface area contributed by atoms with E-state index in [1.807, 2.05) is 29.9 Å². The van der Waals surface area contributed by atoms with Crippen LogP contribution in [-0.4, -0.2) is 35.3 Å². The molecule has 1 unspecified atom stereocenters. The molecular weight excluding hydrogens is 204 g/mol. The molecule has 3 heteroatoms. The topological polar surface area (TPSA) is 15.6 Å². The molecule has 15 heavy (non-hydrogen) atoms. The molecule has 2 nitrogen and oxygen atoms in total. The van der Waals surface area contributed by atoms with Crippen LogP contribution in [-0.2, 0) is 0 Å². The van der Waals surface area contributed by atoms with Crippen molar-refractivity contribution in [3.8, 4) is 0 Å². The van der Waals surface area contributed by atoms with Crippen molar-refractivity contribution in [3.05, 3.63) is 35.9 Å². The van der Waals surface area contributed by atoms with E-state index in [2.05, 4.69) is 36.3 Å². The third kappa shape index (κ3) is 2.75. The third-order valence-electron chi connectivity index (χ3n) is 2.42. The van der Waals surface area contributed by atoms with Crippen LogP contribution in [0.5, 0.6) is 0 Å². The monoisotopic (exact) mass is 220 g/mol. The summed E-state index contributed by atoms with van der Waals surface area (Å²) in [5, 5.41) is 7.33. The molecule has 1 aliphatic heterocycles. The first-order valence-corrected chi connectivity index (χ1v) is 6.26. The first-order chi connectivity index (χ1) is 7.25. The summed E-state index contributed by atoms with van der Waals surface area (Å²) in [5.41, 5.74) is 2.43. The molecule has 1 atom stereocenters. The highest BCUT2D eigenvalue weighted by molar-refractivity contribution is 8.00. The molecule has 0 spiro atoms. The second-order valence-corrected chi connectivity index (χ2v) is 5.30. The Labute approximate surface area is 95.4 Å². The fourth-order valence-electron chi connectivity index (χ4n) is 1.69. The van der Waals surface area contributed by atoms with Gasteiger partial charge in [-0.15, -0.1) is 0 Å². The Morgan fingerprint density at radius 1 is 1.33 bits per heavy atom. The van der Waals surface area contributed by atoms with Gasteiger partial charge in [0.05, 0.1) is 5.71 Å². The van der Waals surface area contributed by atoms with Crippen LogP contribution in [0, 0.1) is 0 Å². The van der Waals surface area contributed by atoms with E-state index in [9.17, 15) is 0 Å². The minimum Gasteiger partial charge on any atom is -0.299 e. The van der Waals surface area contributed by atoms with Crippen LogP contribution < -0.4 is 0 Å². The lowest BCUT2D eigenvalue weighted by atomic mass is 10.1. The average molecular weight is 220 g/mol. The Balaban J connectivity index is 2.22. The second-order valence-electron chi connectivity index (χ2n) is 3.87. The molecule has 2 rings (SSSR count). The maximum Gasteiger partial charge on any atom is 0.0776 e. The fourth-order valence-corrected chi connectivity index (χ4v) is 2.68. The molecule has 0 fully saturated rings. The second kappa shape index (κ2) is 4.71. The maximum absolute atomic E-state index is 4.63. The van der Waals surface area contributed by atoms with Crippen LogP contribution >= 0.6 is 11.8 Å². The van der Waals surface area contributed by atoms with E-state index in [0.29, 0.717) is 5.25 Å². The molecule has 0 aliphatic carbocycles. The summed E-state index contributed by atoms with van der Waals surface area (Å²) in [7, 11) is 2.05. The van der Waals surface area contributed by atoms with Crippen LogP contribution in [0.25, 0.3) is 0 Å². The summed E-state index contributed by atoms with van der Waals surface area (Å²) < 4.78 is 0. The van der Waals surface area contributed by atoms with E-state index >= 15 is 0 Å². The predicted octanol–water partition coefficient (Wildman–Crippen LogP) is 2.46. The molecule has 0 bridgehead atoms. The Bertz CT molecular complexity index is 348. The van der Waals surface area contributed by atoms with Gasteiger partial charge >= 0.3 is 0 Å². The van der Waals surface area contributed by atoms with Gasteiger partial charge in [-0.05, 0) is 5.56 Å². The van der Waals surface area contributed by atoms with Gasteiger partial charge in [0.25, 0.3) is 0 Å². The van der Waals surface area contributed by atoms with Gasteiger partial charge in [0.2, 0.25) is 0 Å². The van der Waals surface area contributed by atoms with Gasteiger partial charge in [-0.1, -0.05) is 37.3 Å². The SMILES string of the molecule is CC1CN(C)N=C(c2ccccc2)CS1. The number of thioether (sulfide) groups is 1. The van der Waals surface area contributed by atoms with Crippen LogP contribution in [0.4, 0.5) is 0 Å². The van der Waals surface area contributed by atoms with Crippen LogP contribution in [0.3, 0.4) is 0 Å². The molecule has 0 N–H and O–H groups in total. The highest BCUT2D eigenvalue weighted by atomic mass is 32.2. The largest absolute Gasteiger partial charge is 0.299 e. The van der Waals surface area contributed by atoms with Crippen molar-refractivity contribution in [2.24, 2.45) is 5.10 Å². The van der Waals surface area contributed by atoms with Gasteiger partial charge in [-0.25, -0.2) is 0 Å². The zero-order valence-electron chi connectivity index (χ0n) is 9.18. The minimum atomic E-state index is 0.653. The Kier molecular flexibility index (Phi) is 3.31. The smallest absolute Gasteiger partial charge is 0.0776 e. The standard InChI is InChI=1S/C12H16N2S/c1-10-8-14(2)13-12(9-15-10)11-6-4-3-5-7-11/h3-7,10H,8-9H2,1-2H3. The third-order valence-corrected chi connectivity index (χ3v) is 3.58. The summed E-state index contributed by atoms with van der Waals surface area (Å²) in [6, 6.07) is 10.4. The van der Waals surface area contributed by atoms with Gasteiger partial charge in [-0.3, -0.25) is 5.01 Å². The summed E-state index contributed by atoms with van der Waals surface area (Å²) in [6.07, 6.45) is 0. The lowest BCUT2D eigenvalue weighted by molar-refractivity contribution is 0.361. The molecular formula is C12H16N2S. The van der Waals surface area contributed by atoms with Crippen LogP contribution in [0.2, 0.25) is 0 Å². The van der Waals surface area contributed by atoms with Crippen molar-refractivity contribution in [1.29, 1.82) is 0 Å². The van der Waals surface area contributed by atoms with Gasteiger partial charge in [0, 0.05) is 24.6 Å². The average Bonchev–Trinajstić information content (AvgIpc) is 2.41. The number of nitrogens with zero attached hydrogens (tertiary/aromatic N) is 2. The molecule has 0 aromatic heterocycles. The van der Waals surface area contributed by atoms with Crippen molar-refractivity contribution < 1.29 is 0 Å². The van der Waals surface area contributed by atoms with E-state index in [0.717, 1.165) is 12.3 Å². The minimum absolute atomic E-state index is 0.653. The summed E-state index contributed by atoms with van der Waals surface area (Å²) >= 11 is 1.97. The summed E-state index contributed by atoms with van der Waals surface area (Å²) in [5.74, 6) is 1.01. The van der Waals surface area contributed by atoms with E-state index in [-0.39, 0.29) is 0 Å². The number of hydrazone groups is 1. The first kappa shape index (κ1) is 10.6. The fraction of sp³-hybridized carbons (Fsp3) is 0.417. The van der Waals surface area contributed by atoms with Crippen LogP contribution in [0.15, 0.2) is 35.4 Å². The van der Waals surface area contributed by atoms with Crippen molar-refractivity contribution in [3.63, 3.8) is 0 Å². The lowest BCUT2D eigenvalue weighted by Crippen LogP contribution is -2.19. The molecule has 80 valence electrons. The Hall–Kier alpha value is -0.960. The molecule has 1 aromatic carbocycles. The zero-order valence-corrected chi connectivity index (χ0v) is 10.00. The Morgan fingerprint density at radius 3 is 2.80 bits per heavy atom. The highest BCUT2D eigenvalue weighted by Crippen LogP contribution is 2.18. The number of rotatable bonds is 1. The molecule has 0 saturated carbocycles. The van der Waals surface area contributed by atoms with Crippen molar-refractivity contribution in [2.45, 2.75) is 12.2 Å². The molecule has 0 radical (unpaired) electrons. The molecule has 0 saturated heterocycles. The molecule has 1 heterocycles. The molecule has 0 amide bonds. The van der Waals surface area contributed by atoms with Crippen LogP contribution in [0.1, 0.15) is 12.5 Å². The zero-order chi connectivity index (χ0) is 10.7.